The fourth-order valence-electron chi connectivity index (χ4n) is 9.77. The lowest BCUT2D eigenvalue weighted by Gasteiger charge is -2.35. The van der Waals surface area contributed by atoms with E-state index in [1.165, 1.54) is 10.5 Å². The first kappa shape index (κ1) is 60.0. The zero-order valence-electron chi connectivity index (χ0n) is 47.1. The van der Waals surface area contributed by atoms with Crippen molar-refractivity contribution in [2.24, 2.45) is 5.41 Å². The van der Waals surface area contributed by atoms with Gasteiger partial charge in [0.15, 0.2) is 5.78 Å². The maximum Gasteiger partial charge on any atom is 0.243 e. The summed E-state index contributed by atoms with van der Waals surface area (Å²) in [6, 6.07) is 26.8. The van der Waals surface area contributed by atoms with Crippen molar-refractivity contribution in [1.82, 2.24) is 45.3 Å². The van der Waals surface area contributed by atoms with Crippen LogP contribution in [-0.4, -0.2) is 148 Å². The van der Waals surface area contributed by atoms with Crippen molar-refractivity contribution in [3.05, 3.63) is 154 Å². The standard InChI is InChI=1S/C36H41N5O3.C26H38N4O4S/c1-3-20-44-21-13-36(43)41-18-16-40(17-19-41)26-28-8-10-30(11-9-28)34(42)23-29-7-6-27(2)32(22-29)24-35-38-15-12-33(39-35)31-5-4-14-37-25-31;1-17-22(35-16-29-17)19-9-7-18(8-10-19)14-28-24(32)21-13-20(31)15-30(21)25(33)23(26(2,3)4)27-11-6-12-34-5/h4-12,14-15,22,25H,3,13,16-21,23-24,26H2,1-2H3;7-10,16,20-21,23,27,31H,6,11-15H2,1-5H3,(H,28,32)/t;20-,21+,23-/m.1/s1. The van der Waals surface area contributed by atoms with E-state index < -0.39 is 18.2 Å². The summed E-state index contributed by atoms with van der Waals surface area (Å²) in [5.74, 6) is 0.600. The SMILES string of the molecule is CCCOCCC(=O)N1CCN(Cc2ccc(C(=O)Cc3ccc(C)c(Cc4nccc(-c5cccnc5)n4)c3)cc2)CC1.COCCCN[C@H](C(=O)N1C[C@H](O)C[C@H]1C(=O)NCc1ccc(-c2scnc2C)cc1)C(C)(C)C. The Morgan fingerprint density at radius 1 is 0.861 bits per heavy atom. The normalized spacial score (nSPS) is 16.1. The highest BCUT2D eigenvalue weighted by Gasteiger charge is 2.43. The second-order valence-electron chi connectivity index (χ2n) is 21.5. The molecule has 2 aliphatic rings. The summed E-state index contributed by atoms with van der Waals surface area (Å²) in [5.41, 5.74) is 11.5. The number of Topliss-reactive ketones (excluding diaryl/α,β-unsaturated/α-hetero) is 1. The molecule has 3 amide bonds. The van der Waals surface area contributed by atoms with Gasteiger partial charge in [0.1, 0.15) is 11.9 Å². The number of ether oxygens (including phenoxy) is 2. The summed E-state index contributed by atoms with van der Waals surface area (Å²) in [7, 11) is 1.65. The van der Waals surface area contributed by atoms with Crippen LogP contribution >= 0.6 is 11.3 Å². The largest absolute Gasteiger partial charge is 0.391 e. The fourth-order valence-corrected chi connectivity index (χ4v) is 10.6. The summed E-state index contributed by atoms with van der Waals surface area (Å²) >= 11 is 1.60. The number of aliphatic hydroxyl groups excluding tert-OH is 1. The van der Waals surface area contributed by atoms with Gasteiger partial charge in [-0.05, 0) is 90.2 Å². The number of benzene rings is 3. The quantitative estimate of drug-likeness (QED) is 0.0413. The van der Waals surface area contributed by atoms with Crippen LogP contribution in [0, 0.1) is 19.3 Å². The molecule has 2 aliphatic heterocycles. The highest BCUT2D eigenvalue weighted by molar-refractivity contribution is 7.13. The van der Waals surface area contributed by atoms with Gasteiger partial charge in [-0.3, -0.25) is 29.1 Å². The number of nitrogens with zero attached hydrogens (tertiary/aromatic N) is 7. The Morgan fingerprint density at radius 3 is 2.29 bits per heavy atom. The van der Waals surface area contributed by atoms with Crippen molar-refractivity contribution in [3.63, 3.8) is 0 Å². The maximum absolute atomic E-state index is 13.5. The predicted octanol–water partition coefficient (Wildman–Crippen LogP) is 8.06. The molecule has 79 heavy (non-hydrogen) atoms. The van der Waals surface area contributed by atoms with Crippen LogP contribution in [0.5, 0.6) is 0 Å². The topological polar surface area (TPSA) is 192 Å². The van der Waals surface area contributed by atoms with Crippen molar-refractivity contribution >= 4 is 34.8 Å². The second kappa shape index (κ2) is 29.6. The summed E-state index contributed by atoms with van der Waals surface area (Å²) in [5, 5.41) is 16.6. The molecule has 0 unspecified atom stereocenters. The number of carbonyl (C=O) groups is 4. The first-order valence-corrected chi connectivity index (χ1v) is 28.5. The molecule has 2 fully saturated rings. The number of ketones is 1. The Labute approximate surface area is 470 Å². The number of piperazine rings is 1. The fraction of sp³-hybridized carbons (Fsp3) is 0.452. The molecule has 0 saturated carbocycles. The molecule has 2 saturated heterocycles. The van der Waals surface area contributed by atoms with E-state index in [9.17, 15) is 24.3 Å². The number of hydrogen-bond donors (Lipinski definition) is 3. The number of hydrogen-bond acceptors (Lipinski definition) is 14. The number of amides is 3. The lowest BCUT2D eigenvalue weighted by atomic mass is 9.85. The smallest absolute Gasteiger partial charge is 0.243 e. The van der Waals surface area contributed by atoms with Gasteiger partial charge in [0.2, 0.25) is 17.7 Å². The molecular formula is C62H79N9O7S. The first-order chi connectivity index (χ1) is 38.1. The summed E-state index contributed by atoms with van der Waals surface area (Å²) in [6.45, 7) is 19.1. The van der Waals surface area contributed by atoms with E-state index in [4.69, 9.17) is 14.5 Å². The van der Waals surface area contributed by atoms with Gasteiger partial charge in [-0.2, -0.15) is 0 Å². The highest BCUT2D eigenvalue weighted by atomic mass is 32.1. The van der Waals surface area contributed by atoms with Gasteiger partial charge in [0, 0.05) is 115 Å². The Hall–Kier alpha value is -6.60. The molecule has 6 aromatic rings. The Bertz CT molecular complexity index is 2900. The van der Waals surface area contributed by atoms with E-state index in [0.29, 0.717) is 57.7 Å². The number of methoxy groups -OCH3 is 1. The second-order valence-corrected chi connectivity index (χ2v) is 22.4. The number of β-amino-alcohol motifs (C(OH)–C–C–N with tert-alkyl or cyclic N) is 1. The number of thiazole rings is 1. The number of nitrogens with one attached hydrogen (secondary N) is 2. The van der Waals surface area contributed by atoms with E-state index >= 15 is 0 Å². The molecule has 420 valence electrons. The van der Waals surface area contributed by atoms with Crippen LogP contribution in [0.1, 0.15) is 103 Å². The van der Waals surface area contributed by atoms with Crippen molar-refractivity contribution in [2.45, 2.75) is 111 Å². The number of aryl methyl sites for hydroxylation is 2. The summed E-state index contributed by atoms with van der Waals surface area (Å²) in [4.78, 5) is 76.9. The van der Waals surface area contributed by atoms with Crippen LogP contribution in [0.15, 0.2) is 109 Å². The molecule has 0 spiro atoms. The molecule has 3 aromatic heterocycles. The molecule has 0 aliphatic carbocycles. The number of carbonyl (C=O) groups excluding carboxylic acids is 4. The molecule has 3 aromatic carbocycles. The lowest BCUT2D eigenvalue weighted by molar-refractivity contribution is -0.142. The molecule has 17 heteroatoms. The monoisotopic (exact) mass is 1090 g/mol. The van der Waals surface area contributed by atoms with E-state index in [2.05, 4.69) is 56.5 Å². The van der Waals surface area contributed by atoms with E-state index in [1.54, 1.807) is 37.0 Å². The van der Waals surface area contributed by atoms with E-state index in [0.717, 1.165) is 101 Å². The number of rotatable bonds is 23. The predicted molar refractivity (Wildman–Crippen MR) is 309 cm³/mol. The van der Waals surface area contributed by atoms with Crippen LogP contribution < -0.4 is 10.6 Å². The minimum Gasteiger partial charge on any atom is -0.391 e. The first-order valence-electron chi connectivity index (χ1n) is 27.6. The third-order valence-corrected chi connectivity index (χ3v) is 15.3. The maximum atomic E-state index is 13.5. The third-order valence-electron chi connectivity index (χ3n) is 14.3. The van der Waals surface area contributed by atoms with Crippen LogP contribution in [0.25, 0.3) is 21.7 Å². The number of pyridine rings is 1. The number of aliphatic hydroxyl groups is 1. The van der Waals surface area contributed by atoms with Crippen molar-refractivity contribution in [2.75, 3.05) is 66.2 Å². The Kier molecular flexibility index (Phi) is 22.5. The Balaban J connectivity index is 0.000000235. The molecule has 5 heterocycles. The average molecular weight is 1090 g/mol. The van der Waals surface area contributed by atoms with Crippen LogP contribution in [0.2, 0.25) is 0 Å². The van der Waals surface area contributed by atoms with Crippen LogP contribution in [0.3, 0.4) is 0 Å². The molecule has 16 nitrogen and oxygen atoms in total. The molecular weight excluding hydrogens is 1010 g/mol. The van der Waals surface area contributed by atoms with Gasteiger partial charge in [0.25, 0.3) is 0 Å². The van der Waals surface area contributed by atoms with Crippen molar-refractivity contribution in [1.29, 1.82) is 0 Å². The van der Waals surface area contributed by atoms with E-state index in [-0.39, 0.29) is 41.9 Å². The van der Waals surface area contributed by atoms with Gasteiger partial charge in [-0.1, -0.05) is 94.4 Å². The van der Waals surface area contributed by atoms with Gasteiger partial charge in [0.05, 0.1) is 46.9 Å². The molecule has 3 N–H and O–H groups in total. The Morgan fingerprint density at radius 2 is 1.61 bits per heavy atom. The zero-order valence-corrected chi connectivity index (χ0v) is 47.9. The summed E-state index contributed by atoms with van der Waals surface area (Å²) < 4.78 is 10.6. The van der Waals surface area contributed by atoms with Gasteiger partial charge in [-0.15, -0.1) is 11.3 Å². The van der Waals surface area contributed by atoms with Crippen LogP contribution in [-0.2, 0) is 49.8 Å². The minimum atomic E-state index is -0.717. The molecule has 8 rings (SSSR count). The number of aromatic nitrogens is 4. The number of likely N-dealkylation sites (tertiary alicyclic amines) is 1. The highest BCUT2D eigenvalue weighted by Crippen LogP contribution is 2.29. The molecule has 3 atom stereocenters. The average Bonchev–Trinajstić information content (AvgIpc) is 4.15. The van der Waals surface area contributed by atoms with Gasteiger partial charge >= 0.3 is 0 Å². The van der Waals surface area contributed by atoms with Crippen LogP contribution in [0.4, 0.5) is 0 Å². The minimum absolute atomic E-state index is 0.0937. The van der Waals surface area contributed by atoms with Gasteiger partial charge < -0.3 is 35.0 Å². The zero-order chi connectivity index (χ0) is 56.3. The summed E-state index contributed by atoms with van der Waals surface area (Å²) in [6.07, 6.45) is 7.98. The molecule has 0 bridgehead atoms. The lowest BCUT2D eigenvalue weighted by Crippen LogP contribution is -2.56. The van der Waals surface area contributed by atoms with Crippen molar-refractivity contribution < 1.29 is 33.8 Å². The van der Waals surface area contributed by atoms with E-state index in [1.807, 2.05) is 111 Å². The van der Waals surface area contributed by atoms with Gasteiger partial charge in [-0.25, -0.2) is 15.0 Å². The van der Waals surface area contributed by atoms with Crippen molar-refractivity contribution in [3.8, 4) is 21.7 Å². The molecule has 0 radical (unpaired) electrons. The third kappa shape index (κ3) is 17.7.